The van der Waals surface area contributed by atoms with Crippen LogP contribution in [0.4, 0.5) is 0 Å². The molecule has 1 aromatic rings. The molecule has 1 aromatic heterocycles. The van der Waals surface area contributed by atoms with Crippen molar-refractivity contribution in [1.82, 2.24) is 4.98 Å². The van der Waals surface area contributed by atoms with Crippen LogP contribution in [-0.4, -0.2) is 16.6 Å². The first-order valence-corrected chi connectivity index (χ1v) is 5.21. The van der Waals surface area contributed by atoms with Crippen LogP contribution in [0.15, 0.2) is 24.4 Å². The zero-order valence-electron chi connectivity index (χ0n) is 10.2. The predicted molar refractivity (Wildman–Crippen MR) is 63.9 cm³/mol. The molecule has 0 spiro atoms. The SMILES string of the molecule is Cc1ncccc1/C=C/C(=O)OC(C)(C)C. The molecule has 1 heterocycles. The zero-order valence-corrected chi connectivity index (χ0v) is 10.2. The van der Waals surface area contributed by atoms with Gasteiger partial charge in [0.05, 0.1) is 0 Å². The van der Waals surface area contributed by atoms with Gasteiger partial charge in [-0.2, -0.15) is 0 Å². The standard InChI is InChI=1S/C13H17NO2/c1-10-11(6-5-9-14-10)7-8-12(15)16-13(2,3)4/h5-9H,1-4H3/b8-7+. The molecule has 1 rings (SSSR count). The van der Waals surface area contributed by atoms with Gasteiger partial charge in [0.25, 0.3) is 0 Å². The van der Waals surface area contributed by atoms with Gasteiger partial charge in [0.1, 0.15) is 5.60 Å². The third kappa shape index (κ3) is 4.26. The van der Waals surface area contributed by atoms with Crippen molar-refractivity contribution in [3.63, 3.8) is 0 Å². The van der Waals surface area contributed by atoms with Crippen LogP contribution in [0.3, 0.4) is 0 Å². The molecule has 3 heteroatoms. The Morgan fingerprint density at radius 3 is 2.69 bits per heavy atom. The second kappa shape index (κ2) is 4.92. The number of carbonyl (C=O) groups is 1. The summed E-state index contributed by atoms with van der Waals surface area (Å²) in [5.41, 5.74) is 1.36. The normalized spacial score (nSPS) is 11.8. The van der Waals surface area contributed by atoms with Crippen molar-refractivity contribution in [2.24, 2.45) is 0 Å². The van der Waals surface area contributed by atoms with Gasteiger partial charge in [0, 0.05) is 18.0 Å². The first kappa shape index (κ1) is 12.4. The molecular weight excluding hydrogens is 202 g/mol. The topological polar surface area (TPSA) is 39.2 Å². The maximum absolute atomic E-state index is 11.4. The third-order valence-corrected chi connectivity index (χ3v) is 1.85. The minimum absolute atomic E-state index is 0.337. The first-order valence-electron chi connectivity index (χ1n) is 5.21. The maximum Gasteiger partial charge on any atom is 0.331 e. The van der Waals surface area contributed by atoms with E-state index in [1.165, 1.54) is 6.08 Å². The molecule has 0 N–H and O–H groups in total. The van der Waals surface area contributed by atoms with Gasteiger partial charge in [-0.15, -0.1) is 0 Å². The summed E-state index contributed by atoms with van der Waals surface area (Å²) in [5, 5.41) is 0. The molecule has 16 heavy (non-hydrogen) atoms. The fourth-order valence-corrected chi connectivity index (χ4v) is 1.17. The van der Waals surface area contributed by atoms with Crippen molar-refractivity contribution < 1.29 is 9.53 Å². The fourth-order valence-electron chi connectivity index (χ4n) is 1.17. The quantitative estimate of drug-likeness (QED) is 0.567. The molecular formula is C13H17NO2. The van der Waals surface area contributed by atoms with Crippen LogP contribution in [0.25, 0.3) is 6.08 Å². The second-order valence-electron chi connectivity index (χ2n) is 4.54. The minimum atomic E-state index is -0.453. The number of rotatable bonds is 2. The first-order chi connectivity index (χ1) is 7.38. The smallest absolute Gasteiger partial charge is 0.331 e. The van der Waals surface area contributed by atoms with Gasteiger partial charge in [-0.1, -0.05) is 6.07 Å². The van der Waals surface area contributed by atoms with Gasteiger partial charge < -0.3 is 4.74 Å². The van der Waals surface area contributed by atoms with E-state index in [1.807, 2.05) is 39.8 Å². The van der Waals surface area contributed by atoms with Gasteiger partial charge in [0.2, 0.25) is 0 Å². The van der Waals surface area contributed by atoms with Crippen LogP contribution in [0.5, 0.6) is 0 Å². The molecule has 0 aliphatic rings. The highest BCUT2D eigenvalue weighted by atomic mass is 16.6. The van der Waals surface area contributed by atoms with E-state index in [-0.39, 0.29) is 5.97 Å². The number of aryl methyl sites for hydroxylation is 1. The van der Waals surface area contributed by atoms with Gasteiger partial charge in [-0.05, 0) is 45.4 Å². The number of esters is 1. The Morgan fingerprint density at radius 2 is 2.12 bits per heavy atom. The van der Waals surface area contributed by atoms with Crippen LogP contribution in [-0.2, 0) is 9.53 Å². The summed E-state index contributed by atoms with van der Waals surface area (Å²) in [4.78, 5) is 15.5. The van der Waals surface area contributed by atoms with E-state index in [0.717, 1.165) is 11.3 Å². The minimum Gasteiger partial charge on any atom is -0.457 e. The summed E-state index contributed by atoms with van der Waals surface area (Å²) in [5.74, 6) is -0.337. The number of ether oxygens (including phenoxy) is 1. The number of hydrogen-bond acceptors (Lipinski definition) is 3. The van der Waals surface area contributed by atoms with Crippen molar-refractivity contribution in [1.29, 1.82) is 0 Å². The zero-order chi connectivity index (χ0) is 12.2. The molecule has 0 aromatic carbocycles. The Bertz CT molecular complexity index is 403. The lowest BCUT2D eigenvalue weighted by atomic mass is 10.2. The largest absolute Gasteiger partial charge is 0.457 e. The van der Waals surface area contributed by atoms with E-state index < -0.39 is 5.60 Å². The van der Waals surface area contributed by atoms with Crippen molar-refractivity contribution in [2.75, 3.05) is 0 Å². The third-order valence-electron chi connectivity index (χ3n) is 1.85. The van der Waals surface area contributed by atoms with E-state index in [0.29, 0.717) is 0 Å². The van der Waals surface area contributed by atoms with Crippen LogP contribution >= 0.6 is 0 Å². The highest BCUT2D eigenvalue weighted by Crippen LogP contribution is 2.09. The number of nitrogens with zero attached hydrogens (tertiary/aromatic N) is 1. The van der Waals surface area contributed by atoms with Crippen LogP contribution in [0.1, 0.15) is 32.0 Å². The second-order valence-corrected chi connectivity index (χ2v) is 4.54. The fraction of sp³-hybridized carbons (Fsp3) is 0.385. The molecule has 3 nitrogen and oxygen atoms in total. The highest BCUT2D eigenvalue weighted by Gasteiger charge is 2.13. The molecule has 0 unspecified atom stereocenters. The Labute approximate surface area is 96.2 Å². The molecule has 0 radical (unpaired) electrons. The summed E-state index contributed by atoms with van der Waals surface area (Å²) in [6.07, 6.45) is 4.87. The molecule has 0 bridgehead atoms. The monoisotopic (exact) mass is 219 g/mol. The molecule has 0 saturated heterocycles. The summed E-state index contributed by atoms with van der Waals surface area (Å²) in [6, 6.07) is 3.74. The van der Waals surface area contributed by atoms with Gasteiger partial charge in [-0.25, -0.2) is 4.79 Å². The Morgan fingerprint density at radius 1 is 1.44 bits per heavy atom. The molecule has 0 atom stereocenters. The van der Waals surface area contributed by atoms with Crippen LogP contribution in [0, 0.1) is 6.92 Å². The molecule has 86 valence electrons. The summed E-state index contributed by atoms with van der Waals surface area (Å²) in [6.45, 7) is 7.42. The van der Waals surface area contributed by atoms with Crippen LogP contribution in [0.2, 0.25) is 0 Å². The van der Waals surface area contributed by atoms with Gasteiger partial charge >= 0.3 is 5.97 Å². The van der Waals surface area contributed by atoms with E-state index in [2.05, 4.69) is 4.98 Å². The average Bonchev–Trinajstić information content (AvgIpc) is 2.14. The molecule has 0 aliphatic heterocycles. The van der Waals surface area contributed by atoms with E-state index in [4.69, 9.17) is 4.74 Å². The van der Waals surface area contributed by atoms with Crippen molar-refractivity contribution >= 4 is 12.0 Å². The molecule has 0 saturated carbocycles. The molecule has 0 aliphatic carbocycles. The molecule has 0 fully saturated rings. The van der Waals surface area contributed by atoms with E-state index >= 15 is 0 Å². The van der Waals surface area contributed by atoms with E-state index in [1.54, 1.807) is 12.3 Å². The molecule has 0 amide bonds. The van der Waals surface area contributed by atoms with Gasteiger partial charge in [-0.3, -0.25) is 4.98 Å². The predicted octanol–water partition coefficient (Wildman–Crippen LogP) is 2.74. The Kier molecular flexibility index (Phi) is 3.82. The highest BCUT2D eigenvalue weighted by molar-refractivity contribution is 5.87. The van der Waals surface area contributed by atoms with Crippen molar-refractivity contribution in [3.05, 3.63) is 35.7 Å². The average molecular weight is 219 g/mol. The summed E-state index contributed by atoms with van der Waals surface area (Å²) < 4.78 is 5.15. The Balaban J connectivity index is 2.68. The summed E-state index contributed by atoms with van der Waals surface area (Å²) >= 11 is 0. The maximum atomic E-state index is 11.4. The van der Waals surface area contributed by atoms with Gasteiger partial charge in [0.15, 0.2) is 0 Å². The Hall–Kier alpha value is -1.64. The number of carbonyl (C=O) groups excluding carboxylic acids is 1. The number of hydrogen-bond donors (Lipinski definition) is 0. The lowest BCUT2D eigenvalue weighted by molar-refractivity contribution is -0.148. The lowest BCUT2D eigenvalue weighted by Crippen LogP contribution is -2.22. The number of aromatic nitrogens is 1. The van der Waals surface area contributed by atoms with Crippen LogP contribution < -0.4 is 0 Å². The van der Waals surface area contributed by atoms with Crippen molar-refractivity contribution in [3.8, 4) is 0 Å². The summed E-state index contributed by atoms with van der Waals surface area (Å²) in [7, 11) is 0. The lowest BCUT2D eigenvalue weighted by Gasteiger charge is -2.17. The number of pyridine rings is 1. The van der Waals surface area contributed by atoms with Crippen molar-refractivity contribution in [2.45, 2.75) is 33.3 Å². The van der Waals surface area contributed by atoms with E-state index in [9.17, 15) is 4.79 Å².